The van der Waals surface area contributed by atoms with Gasteiger partial charge in [0.25, 0.3) is 0 Å². The molecule has 5 aromatic rings. The van der Waals surface area contributed by atoms with Crippen LogP contribution in [0.2, 0.25) is 0 Å². The van der Waals surface area contributed by atoms with Crippen LogP contribution in [0.4, 0.5) is 13.2 Å². The smallest absolute Gasteiger partial charge is 0.256 e. The lowest BCUT2D eigenvalue weighted by Crippen LogP contribution is -2.05. The van der Waals surface area contributed by atoms with Crippen molar-refractivity contribution in [2.45, 2.75) is 12.6 Å². The number of nitrogens with zero attached hydrogens (tertiary/aromatic N) is 4. The molecule has 3 heterocycles. The first-order chi connectivity index (χ1) is 14.5. The quantitative estimate of drug-likeness (QED) is 0.396. The number of alkyl halides is 3. The van der Waals surface area contributed by atoms with Crippen molar-refractivity contribution in [3.05, 3.63) is 95.9 Å². The lowest BCUT2D eigenvalue weighted by Gasteiger charge is -2.09. The van der Waals surface area contributed by atoms with Gasteiger partial charge in [-0.1, -0.05) is 24.3 Å². The summed E-state index contributed by atoms with van der Waals surface area (Å²) >= 11 is 0. The number of benzene rings is 2. The van der Waals surface area contributed by atoms with Gasteiger partial charge in [0.2, 0.25) is 0 Å². The highest BCUT2D eigenvalue weighted by molar-refractivity contribution is 5.79. The molecule has 0 aliphatic rings. The Balaban J connectivity index is 1.53. The standard InChI is InChI=1S/C23H15F3N4/c24-23(25,26)18-5-1-3-17(13-18)21-8-9-22-28-14-19(30(22)29-21)12-15-6-7-20-16(11-15)4-2-10-27-20/h1-11,13-14H,12H2. The highest BCUT2D eigenvalue weighted by Crippen LogP contribution is 2.31. The second-order valence-electron chi connectivity index (χ2n) is 7.02. The fourth-order valence-electron chi connectivity index (χ4n) is 3.49. The molecule has 0 N–H and O–H groups in total. The molecule has 0 saturated carbocycles. The zero-order valence-electron chi connectivity index (χ0n) is 15.6. The number of aromatic nitrogens is 4. The minimum atomic E-state index is -4.40. The summed E-state index contributed by atoms with van der Waals surface area (Å²) in [7, 11) is 0. The minimum absolute atomic E-state index is 0.406. The number of hydrogen-bond acceptors (Lipinski definition) is 3. The largest absolute Gasteiger partial charge is 0.416 e. The van der Waals surface area contributed by atoms with E-state index in [9.17, 15) is 13.2 Å². The van der Waals surface area contributed by atoms with Crippen LogP contribution in [0.25, 0.3) is 27.8 Å². The highest BCUT2D eigenvalue weighted by Gasteiger charge is 2.30. The van der Waals surface area contributed by atoms with E-state index in [1.165, 1.54) is 6.07 Å². The first-order valence-electron chi connectivity index (χ1n) is 9.32. The number of imidazole rings is 1. The van der Waals surface area contributed by atoms with Crippen molar-refractivity contribution in [2.75, 3.05) is 0 Å². The van der Waals surface area contributed by atoms with E-state index in [1.807, 2.05) is 24.3 Å². The molecule has 0 bridgehead atoms. The maximum atomic E-state index is 13.1. The summed E-state index contributed by atoms with van der Waals surface area (Å²) < 4.78 is 40.9. The molecule has 0 aliphatic carbocycles. The van der Waals surface area contributed by atoms with Crippen LogP contribution in [0, 0.1) is 0 Å². The third kappa shape index (κ3) is 3.39. The molecule has 0 amide bonds. The van der Waals surface area contributed by atoms with Crippen LogP contribution in [-0.2, 0) is 12.6 Å². The Hall–Kier alpha value is -3.74. The molecule has 0 atom stereocenters. The Labute approximate surface area is 169 Å². The molecule has 0 radical (unpaired) electrons. The predicted molar refractivity (Wildman–Crippen MR) is 108 cm³/mol. The molecule has 0 fully saturated rings. The van der Waals surface area contributed by atoms with Gasteiger partial charge in [-0.25, -0.2) is 9.50 Å². The Morgan fingerprint density at radius 3 is 2.63 bits per heavy atom. The number of pyridine rings is 1. The van der Waals surface area contributed by atoms with Crippen molar-refractivity contribution in [3.8, 4) is 11.3 Å². The molecule has 0 aliphatic heterocycles. The van der Waals surface area contributed by atoms with Crippen molar-refractivity contribution in [1.29, 1.82) is 0 Å². The summed E-state index contributed by atoms with van der Waals surface area (Å²) in [6, 6.07) is 18.6. The molecule has 0 unspecified atom stereocenters. The Morgan fingerprint density at radius 1 is 0.867 bits per heavy atom. The van der Waals surface area contributed by atoms with Gasteiger partial charge in [-0.2, -0.15) is 18.3 Å². The molecule has 0 saturated heterocycles. The van der Waals surface area contributed by atoms with Crippen molar-refractivity contribution < 1.29 is 13.2 Å². The third-order valence-electron chi connectivity index (χ3n) is 4.97. The van der Waals surface area contributed by atoms with Crippen LogP contribution < -0.4 is 0 Å². The van der Waals surface area contributed by atoms with E-state index in [0.717, 1.165) is 34.3 Å². The summed E-state index contributed by atoms with van der Waals surface area (Å²) in [5.41, 5.74) is 3.65. The molecule has 148 valence electrons. The average molecular weight is 404 g/mol. The summed E-state index contributed by atoms with van der Waals surface area (Å²) in [5.74, 6) is 0. The normalized spacial score (nSPS) is 12.0. The van der Waals surface area contributed by atoms with E-state index in [1.54, 1.807) is 35.1 Å². The monoisotopic (exact) mass is 404 g/mol. The van der Waals surface area contributed by atoms with E-state index in [0.29, 0.717) is 23.3 Å². The van der Waals surface area contributed by atoms with Gasteiger partial charge in [0.1, 0.15) is 0 Å². The number of hydrogen-bond donors (Lipinski definition) is 0. The van der Waals surface area contributed by atoms with Gasteiger partial charge < -0.3 is 0 Å². The van der Waals surface area contributed by atoms with Crippen molar-refractivity contribution in [1.82, 2.24) is 19.6 Å². The average Bonchev–Trinajstić information content (AvgIpc) is 3.15. The SMILES string of the molecule is FC(F)(F)c1cccc(-c2ccc3ncc(Cc4ccc5ncccc5c4)n3n2)c1. The third-order valence-corrected chi connectivity index (χ3v) is 4.97. The van der Waals surface area contributed by atoms with Crippen LogP contribution in [0.1, 0.15) is 16.8 Å². The van der Waals surface area contributed by atoms with E-state index >= 15 is 0 Å². The number of fused-ring (bicyclic) bond motifs is 2. The zero-order chi connectivity index (χ0) is 20.7. The second-order valence-corrected chi connectivity index (χ2v) is 7.02. The Kier molecular flexibility index (Phi) is 4.24. The van der Waals surface area contributed by atoms with E-state index < -0.39 is 11.7 Å². The molecule has 5 rings (SSSR count). The maximum Gasteiger partial charge on any atom is 0.416 e. The first kappa shape index (κ1) is 18.3. The fourth-order valence-corrected chi connectivity index (χ4v) is 3.49. The topological polar surface area (TPSA) is 43.1 Å². The number of halogens is 3. The van der Waals surface area contributed by atoms with Crippen LogP contribution in [-0.4, -0.2) is 19.6 Å². The van der Waals surface area contributed by atoms with Gasteiger partial charge in [0.05, 0.1) is 28.7 Å². The van der Waals surface area contributed by atoms with E-state index in [4.69, 9.17) is 0 Å². The Morgan fingerprint density at radius 2 is 1.77 bits per heavy atom. The fraction of sp³-hybridized carbons (Fsp3) is 0.0870. The predicted octanol–water partition coefficient (Wildman–Crippen LogP) is 5.55. The summed E-state index contributed by atoms with van der Waals surface area (Å²) in [4.78, 5) is 8.71. The summed E-state index contributed by atoms with van der Waals surface area (Å²) in [6.45, 7) is 0. The lowest BCUT2D eigenvalue weighted by molar-refractivity contribution is -0.137. The van der Waals surface area contributed by atoms with E-state index in [-0.39, 0.29) is 0 Å². The van der Waals surface area contributed by atoms with Gasteiger partial charge in [-0.05, 0) is 48.0 Å². The first-order valence-corrected chi connectivity index (χ1v) is 9.32. The van der Waals surface area contributed by atoms with E-state index in [2.05, 4.69) is 21.1 Å². The maximum absolute atomic E-state index is 13.1. The van der Waals surface area contributed by atoms with Crippen LogP contribution in [0.3, 0.4) is 0 Å². The highest BCUT2D eigenvalue weighted by atomic mass is 19.4. The van der Waals surface area contributed by atoms with Crippen molar-refractivity contribution >= 4 is 16.6 Å². The summed E-state index contributed by atoms with van der Waals surface area (Å²) in [6.07, 6.45) is -0.312. The zero-order valence-corrected chi connectivity index (χ0v) is 15.6. The molecule has 7 heteroatoms. The minimum Gasteiger partial charge on any atom is -0.256 e. The van der Waals surface area contributed by atoms with Crippen molar-refractivity contribution in [3.63, 3.8) is 0 Å². The molecule has 2 aromatic carbocycles. The van der Waals surface area contributed by atoms with Crippen molar-refractivity contribution in [2.24, 2.45) is 0 Å². The van der Waals surface area contributed by atoms with Gasteiger partial charge in [0, 0.05) is 23.6 Å². The number of rotatable bonds is 3. The van der Waals surface area contributed by atoms with Crippen LogP contribution in [0.15, 0.2) is 79.1 Å². The molecule has 0 spiro atoms. The summed E-state index contributed by atoms with van der Waals surface area (Å²) in [5, 5.41) is 5.60. The van der Waals surface area contributed by atoms with Crippen LogP contribution in [0.5, 0.6) is 0 Å². The lowest BCUT2D eigenvalue weighted by atomic mass is 10.1. The molecule has 3 aromatic heterocycles. The Bertz CT molecular complexity index is 1370. The molecular formula is C23H15F3N4. The molecular weight excluding hydrogens is 389 g/mol. The molecule has 30 heavy (non-hydrogen) atoms. The molecule has 4 nitrogen and oxygen atoms in total. The van der Waals surface area contributed by atoms with Gasteiger partial charge in [-0.3, -0.25) is 4.98 Å². The van der Waals surface area contributed by atoms with Gasteiger partial charge in [-0.15, -0.1) is 0 Å². The van der Waals surface area contributed by atoms with Gasteiger partial charge in [0.15, 0.2) is 5.65 Å². The van der Waals surface area contributed by atoms with Crippen LogP contribution >= 0.6 is 0 Å². The second kappa shape index (κ2) is 6.95. The van der Waals surface area contributed by atoms with Gasteiger partial charge >= 0.3 is 6.18 Å².